The van der Waals surface area contributed by atoms with E-state index in [0.29, 0.717) is 0 Å². The van der Waals surface area contributed by atoms with Gasteiger partial charge in [0.25, 0.3) is 0 Å². The Morgan fingerprint density at radius 3 is 1.25 bits per heavy atom. The minimum atomic E-state index is 0.731. The van der Waals surface area contributed by atoms with Crippen LogP contribution in [0.3, 0.4) is 0 Å². The summed E-state index contributed by atoms with van der Waals surface area (Å²) >= 11 is 2.66. The summed E-state index contributed by atoms with van der Waals surface area (Å²) < 4.78 is 1.54. The minimum absolute atomic E-state index is 0.731. The second-order valence-corrected chi connectivity index (χ2v) is 3.54. The van der Waals surface area contributed by atoms with Gasteiger partial charge in [-0.2, -0.15) is 0 Å². The predicted molar refractivity (Wildman–Crippen MR) is 34.7 cm³/mol. The van der Waals surface area contributed by atoms with Gasteiger partial charge in [-0.3, -0.25) is 0 Å². The summed E-state index contributed by atoms with van der Waals surface area (Å²) in [5.41, 5.74) is 0. The Balaban J connectivity index is 3.65. The monoisotopic (exact) mass is 149 g/mol. The van der Waals surface area contributed by atoms with E-state index in [1.54, 1.807) is 0 Å². The quantitative estimate of drug-likeness (QED) is 0.563. The molecule has 0 heterocycles. The van der Waals surface area contributed by atoms with Gasteiger partial charge in [0.1, 0.15) is 0 Å². The summed E-state index contributed by atoms with van der Waals surface area (Å²) in [6, 6.07) is 0. The third-order valence-electron chi connectivity index (χ3n) is 1.18. The molecule has 0 N–H and O–H groups in total. The van der Waals surface area contributed by atoms with Crippen LogP contribution in [0, 0.1) is 11.8 Å². The Labute approximate surface area is 61.2 Å². The fourth-order valence-corrected chi connectivity index (χ4v) is 0.667. The predicted octanol–water partition coefficient (Wildman–Crippen LogP) is 2.02. The Morgan fingerprint density at radius 1 is 1.00 bits per heavy atom. The fourth-order valence-electron chi connectivity index (χ4n) is 0.667. The SMILES string of the molecule is CC(C)[C](=[V])C(C)C. The van der Waals surface area contributed by atoms with Gasteiger partial charge in [0.05, 0.1) is 0 Å². The molecule has 0 amide bonds. The molecule has 0 nitrogen and oxygen atoms in total. The molecule has 0 aliphatic carbocycles. The van der Waals surface area contributed by atoms with Crippen LogP contribution in [0.5, 0.6) is 0 Å². The van der Waals surface area contributed by atoms with Crippen LogP contribution in [0.15, 0.2) is 0 Å². The maximum atomic E-state index is 2.66. The van der Waals surface area contributed by atoms with Crippen LogP contribution in [-0.2, 0) is 17.0 Å². The van der Waals surface area contributed by atoms with E-state index in [2.05, 4.69) is 44.7 Å². The van der Waals surface area contributed by atoms with Crippen molar-refractivity contribution in [1.29, 1.82) is 0 Å². The van der Waals surface area contributed by atoms with Crippen molar-refractivity contribution in [3.05, 3.63) is 0 Å². The van der Waals surface area contributed by atoms with Gasteiger partial charge in [-0.1, -0.05) is 0 Å². The van der Waals surface area contributed by atoms with Gasteiger partial charge < -0.3 is 0 Å². The van der Waals surface area contributed by atoms with Gasteiger partial charge in [-0.15, -0.1) is 0 Å². The van der Waals surface area contributed by atoms with Crippen molar-refractivity contribution in [3.63, 3.8) is 0 Å². The molecule has 0 spiro atoms. The number of hydrogen-bond acceptors (Lipinski definition) is 0. The zero-order valence-corrected chi connectivity index (χ0v) is 7.50. The molecule has 0 fully saturated rings. The van der Waals surface area contributed by atoms with E-state index in [-0.39, 0.29) is 0 Å². The molecule has 0 aromatic rings. The van der Waals surface area contributed by atoms with Crippen LogP contribution in [0.25, 0.3) is 0 Å². The van der Waals surface area contributed by atoms with Gasteiger partial charge in [-0.05, 0) is 0 Å². The summed E-state index contributed by atoms with van der Waals surface area (Å²) in [5, 5.41) is 0. The van der Waals surface area contributed by atoms with Crippen molar-refractivity contribution in [1.82, 2.24) is 0 Å². The Hall–Kier alpha value is 0.454. The molecule has 0 atom stereocenters. The topological polar surface area (TPSA) is 0 Å². The molecular formula is C7H14V. The van der Waals surface area contributed by atoms with Gasteiger partial charge in [0, 0.05) is 0 Å². The summed E-state index contributed by atoms with van der Waals surface area (Å²) in [4.78, 5) is 0. The first kappa shape index (κ1) is 8.45. The fraction of sp³-hybridized carbons (Fsp3) is 0.857. The summed E-state index contributed by atoms with van der Waals surface area (Å²) in [6.45, 7) is 8.92. The van der Waals surface area contributed by atoms with Gasteiger partial charge in [-0.25, -0.2) is 0 Å². The van der Waals surface area contributed by atoms with E-state index in [1.807, 2.05) is 0 Å². The Bertz CT molecular complexity index is 72.4. The molecule has 0 saturated carbocycles. The van der Waals surface area contributed by atoms with Crippen molar-refractivity contribution < 1.29 is 17.0 Å². The Morgan fingerprint density at radius 2 is 1.25 bits per heavy atom. The van der Waals surface area contributed by atoms with E-state index < -0.39 is 0 Å². The normalized spacial score (nSPS) is 10.6. The van der Waals surface area contributed by atoms with Crippen LogP contribution >= 0.6 is 0 Å². The van der Waals surface area contributed by atoms with E-state index in [4.69, 9.17) is 0 Å². The summed E-state index contributed by atoms with van der Waals surface area (Å²) in [7, 11) is 0. The van der Waals surface area contributed by atoms with Crippen LogP contribution in [0.4, 0.5) is 0 Å². The molecule has 0 aliphatic heterocycles. The van der Waals surface area contributed by atoms with Crippen LogP contribution < -0.4 is 0 Å². The maximum absolute atomic E-state index is 2.66. The average molecular weight is 149 g/mol. The zero-order valence-electron chi connectivity index (χ0n) is 6.10. The molecule has 0 bridgehead atoms. The molecule has 0 radical (unpaired) electrons. The molecule has 8 heavy (non-hydrogen) atoms. The summed E-state index contributed by atoms with van der Waals surface area (Å²) in [5.74, 6) is 1.46. The summed E-state index contributed by atoms with van der Waals surface area (Å²) in [6.07, 6.45) is 0. The first-order chi connectivity index (χ1) is 3.55. The molecule has 0 rings (SSSR count). The van der Waals surface area contributed by atoms with E-state index in [1.165, 1.54) is 4.23 Å². The van der Waals surface area contributed by atoms with Gasteiger partial charge >= 0.3 is 60.7 Å². The molecule has 0 unspecified atom stereocenters. The first-order valence-corrected chi connectivity index (χ1v) is 3.81. The third-order valence-corrected chi connectivity index (χ3v) is 2.80. The van der Waals surface area contributed by atoms with Crippen LogP contribution in [0.1, 0.15) is 27.7 Å². The average Bonchev–Trinajstić information content (AvgIpc) is 1.64. The van der Waals surface area contributed by atoms with E-state index in [9.17, 15) is 0 Å². The van der Waals surface area contributed by atoms with Crippen LogP contribution in [0.2, 0.25) is 0 Å². The number of hydrogen-bond donors (Lipinski definition) is 0. The third kappa shape index (κ3) is 2.69. The van der Waals surface area contributed by atoms with Crippen molar-refractivity contribution in [2.75, 3.05) is 0 Å². The molecule has 0 aromatic carbocycles. The second-order valence-electron chi connectivity index (χ2n) is 2.73. The molecule has 0 aromatic heterocycles. The molecule has 1 heteroatoms. The van der Waals surface area contributed by atoms with Crippen molar-refractivity contribution in [2.45, 2.75) is 27.7 Å². The van der Waals surface area contributed by atoms with E-state index in [0.717, 1.165) is 11.8 Å². The molecule has 47 valence electrons. The van der Waals surface area contributed by atoms with Crippen molar-refractivity contribution in [2.24, 2.45) is 11.8 Å². The van der Waals surface area contributed by atoms with Gasteiger partial charge in [0.2, 0.25) is 0 Å². The van der Waals surface area contributed by atoms with Crippen molar-refractivity contribution in [3.8, 4) is 0 Å². The second kappa shape index (κ2) is 3.47. The molecule has 0 saturated heterocycles. The standard InChI is InChI=1S/C7H14.V/c1-6(2)5-7(3)4;/h6-7H,1-4H3;. The number of rotatable bonds is 2. The van der Waals surface area contributed by atoms with E-state index >= 15 is 0 Å². The first-order valence-electron chi connectivity index (χ1n) is 3.11. The Kier molecular flexibility index (Phi) is 3.67. The molecule has 0 aliphatic rings. The van der Waals surface area contributed by atoms with Crippen molar-refractivity contribution >= 4 is 4.23 Å². The zero-order chi connectivity index (χ0) is 6.73. The molecular weight excluding hydrogens is 135 g/mol. The van der Waals surface area contributed by atoms with Crippen LogP contribution in [-0.4, -0.2) is 4.23 Å². The van der Waals surface area contributed by atoms with Gasteiger partial charge in [0.15, 0.2) is 0 Å².